The van der Waals surface area contributed by atoms with Crippen LogP contribution in [0, 0.1) is 11.3 Å². The van der Waals surface area contributed by atoms with Crippen LogP contribution in [0.15, 0.2) is 0 Å². The number of carboxylic acids is 1. The summed E-state index contributed by atoms with van der Waals surface area (Å²) in [5.41, 5.74) is -0.103. The van der Waals surface area contributed by atoms with Crippen molar-refractivity contribution in [3.8, 4) is 0 Å². The zero-order chi connectivity index (χ0) is 14.8. The lowest BCUT2D eigenvalue weighted by atomic mass is 9.64. The zero-order valence-electron chi connectivity index (χ0n) is 12.2. The van der Waals surface area contributed by atoms with Crippen molar-refractivity contribution in [3.05, 3.63) is 0 Å². The highest BCUT2D eigenvalue weighted by atomic mass is 16.5. The molecule has 1 aliphatic carbocycles. The van der Waals surface area contributed by atoms with Crippen molar-refractivity contribution in [2.75, 3.05) is 7.11 Å². The Morgan fingerprint density at radius 1 is 1.37 bits per heavy atom. The van der Waals surface area contributed by atoms with E-state index in [2.05, 4.69) is 10.6 Å². The fourth-order valence-electron chi connectivity index (χ4n) is 2.28. The smallest absolute Gasteiger partial charge is 0.315 e. The number of carboxylic acid groups (broad SMARTS) is 1. The van der Waals surface area contributed by atoms with Crippen LogP contribution in [0.1, 0.15) is 34.1 Å². The van der Waals surface area contributed by atoms with Crippen LogP contribution in [0.3, 0.4) is 0 Å². The van der Waals surface area contributed by atoms with Gasteiger partial charge in [-0.3, -0.25) is 4.79 Å². The quantitative estimate of drug-likeness (QED) is 0.702. The number of hydrogen-bond donors (Lipinski definition) is 3. The van der Waals surface area contributed by atoms with E-state index in [0.29, 0.717) is 0 Å². The maximum Gasteiger partial charge on any atom is 0.315 e. The van der Waals surface area contributed by atoms with E-state index in [4.69, 9.17) is 9.84 Å². The molecule has 0 bridgehead atoms. The van der Waals surface area contributed by atoms with Gasteiger partial charge in [0.25, 0.3) is 0 Å². The number of hydrogen-bond acceptors (Lipinski definition) is 3. The number of methoxy groups -OCH3 is 1. The first-order chi connectivity index (χ1) is 8.70. The van der Waals surface area contributed by atoms with Gasteiger partial charge in [0.15, 0.2) is 0 Å². The predicted molar refractivity (Wildman–Crippen MR) is 70.9 cm³/mol. The van der Waals surface area contributed by atoms with Gasteiger partial charge in [-0.25, -0.2) is 4.79 Å². The second-order valence-electron chi connectivity index (χ2n) is 5.87. The number of carbonyl (C=O) groups is 2. The number of nitrogens with one attached hydrogen (secondary N) is 2. The van der Waals surface area contributed by atoms with Gasteiger partial charge in [-0.1, -0.05) is 13.8 Å². The second-order valence-corrected chi connectivity index (χ2v) is 5.87. The van der Waals surface area contributed by atoms with Crippen LogP contribution < -0.4 is 10.6 Å². The molecular weight excluding hydrogens is 248 g/mol. The molecule has 0 aliphatic heterocycles. The van der Waals surface area contributed by atoms with Crippen molar-refractivity contribution in [1.29, 1.82) is 0 Å². The van der Waals surface area contributed by atoms with E-state index >= 15 is 0 Å². The van der Waals surface area contributed by atoms with Gasteiger partial charge < -0.3 is 20.5 Å². The third-order valence-corrected chi connectivity index (χ3v) is 4.27. The van der Waals surface area contributed by atoms with E-state index in [1.807, 2.05) is 13.8 Å². The van der Waals surface area contributed by atoms with Gasteiger partial charge in [0.1, 0.15) is 0 Å². The highest BCUT2D eigenvalue weighted by Crippen LogP contribution is 2.42. The molecule has 0 radical (unpaired) electrons. The molecule has 1 rings (SSSR count). The lowest BCUT2D eigenvalue weighted by molar-refractivity contribution is -0.141. The fraction of sp³-hybridized carbons (Fsp3) is 0.846. The molecule has 0 heterocycles. The summed E-state index contributed by atoms with van der Waals surface area (Å²) in [5.74, 6) is -1.54. The molecular formula is C13H24N2O4. The van der Waals surface area contributed by atoms with Crippen LogP contribution in [0.4, 0.5) is 4.79 Å². The van der Waals surface area contributed by atoms with Crippen LogP contribution in [0.25, 0.3) is 0 Å². The fourth-order valence-corrected chi connectivity index (χ4v) is 2.28. The molecule has 0 spiro atoms. The maximum absolute atomic E-state index is 11.8. The van der Waals surface area contributed by atoms with Gasteiger partial charge >= 0.3 is 12.0 Å². The van der Waals surface area contributed by atoms with Crippen molar-refractivity contribution in [2.24, 2.45) is 11.3 Å². The standard InChI is InChI=1S/C13H24N2O4/c1-7(11(16)17)8(2)14-12(18)15-9-6-10(19-5)13(9,3)4/h7-10H,6H2,1-5H3,(H,16,17)(H2,14,15,18). The summed E-state index contributed by atoms with van der Waals surface area (Å²) in [6.45, 7) is 7.33. The summed E-state index contributed by atoms with van der Waals surface area (Å²) in [5, 5.41) is 14.4. The van der Waals surface area contributed by atoms with Gasteiger partial charge in [-0.15, -0.1) is 0 Å². The Labute approximate surface area is 113 Å². The van der Waals surface area contributed by atoms with E-state index < -0.39 is 17.9 Å². The number of carbonyl (C=O) groups excluding carboxylic acids is 1. The van der Waals surface area contributed by atoms with Crippen molar-refractivity contribution >= 4 is 12.0 Å². The Kier molecular flexibility index (Phi) is 4.79. The average Bonchev–Trinajstić information content (AvgIpc) is 2.32. The van der Waals surface area contributed by atoms with Gasteiger partial charge in [0.05, 0.1) is 12.0 Å². The normalized spacial score (nSPS) is 27.8. The van der Waals surface area contributed by atoms with Crippen LogP contribution >= 0.6 is 0 Å². The van der Waals surface area contributed by atoms with Gasteiger partial charge in [-0.2, -0.15) is 0 Å². The molecule has 4 atom stereocenters. The average molecular weight is 272 g/mol. The number of ether oxygens (including phenoxy) is 1. The molecule has 6 nitrogen and oxygen atoms in total. The first kappa shape index (κ1) is 15.8. The van der Waals surface area contributed by atoms with Crippen LogP contribution in [-0.4, -0.2) is 42.4 Å². The van der Waals surface area contributed by atoms with Gasteiger partial charge in [0, 0.05) is 24.6 Å². The van der Waals surface area contributed by atoms with Gasteiger partial charge in [-0.05, 0) is 20.3 Å². The van der Waals surface area contributed by atoms with E-state index in [0.717, 1.165) is 6.42 Å². The zero-order valence-corrected chi connectivity index (χ0v) is 12.2. The Morgan fingerprint density at radius 2 is 1.95 bits per heavy atom. The molecule has 1 aliphatic rings. The van der Waals surface area contributed by atoms with Crippen molar-refractivity contribution in [3.63, 3.8) is 0 Å². The largest absolute Gasteiger partial charge is 0.481 e. The van der Waals surface area contributed by atoms with E-state index in [1.165, 1.54) is 0 Å². The number of aliphatic carboxylic acids is 1. The number of urea groups is 1. The first-order valence-electron chi connectivity index (χ1n) is 6.52. The Balaban J connectivity index is 2.43. The number of amides is 2. The number of rotatable bonds is 5. The SMILES string of the molecule is COC1CC(NC(=O)NC(C)C(C)C(=O)O)C1(C)C. The molecule has 0 aromatic carbocycles. The summed E-state index contributed by atoms with van der Waals surface area (Å²) in [6.07, 6.45) is 0.924. The molecule has 3 N–H and O–H groups in total. The monoisotopic (exact) mass is 272 g/mol. The predicted octanol–water partition coefficient (Wildman–Crippen LogP) is 1.21. The summed E-state index contributed by atoms with van der Waals surface area (Å²) in [7, 11) is 1.67. The van der Waals surface area contributed by atoms with Crippen LogP contribution in [0.5, 0.6) is 0 Å². The first-order valence-corrected chi connectivity index (χ1v) is 6.52. The van der Waals surface area contributed by atoms with Crippen LogP contribution in [0.2, 0.25) is 0 Å². The van der Waals surface area contributed by atoms with Crippen LogP contribution in [-0.2, 0) is 9.53 Å². The highest BCUT2D eigenvalue weighted by molar-refractivity contribution is 5.76. The minimum Gasteiger partial charge on any atom is -0.481 e. The van der Waals surface area contributed by atoms with Crippen molar-refractivity contribution in [1.82, 2.24) is 10.6 Å². The molecule has 2 amide bonds. The summed E-state index contributed by atoms with van der Waals surface area (Å²) < 4.78 is 5.31. The Bertz CT molecular complexity index is 357. The van der Waals surface area contributed by atoms with Crippen molar-refractivity contribution in [2.45, 2.75) is 52.3 Å². The molecule has 0 aromatic heterocycles. The lowest BCUT2D eigenvalue weighted by Gasteiger charge is -2.51. The lowest BCUT2D eigenvalue weighted by Crippen LogP contribution is -2.63. The van der Waals surface area contributed by atoms with Gasteiger partial charge in [0.2, 0.25) is 0 Å². The Hall–Kier alpha value is -1.30. The summed E-state index contributed by atoms with van der Waals surface area (Å²) in [4.78, 5) is 22.6. The Morgan fingerprint density at radius 3 is 2.37 bits per heavy atom. The molecule has 1 fully saturated rings. The maximum atomic E-state index is 11.8. The second kappa shape index (κ2) is 5.77. The topological polar surface area (TPSA) is 87.7 Å². The molecule has 1 saturated carbocycles. The summed E-state index contributed by atoms with van der Waals surface area (Å²) in [6, 6.07) is -0.697. The highest BCUT2D eigenvalue weighted by Gasteiger charge is 2.49. The third kappa shape index (κ3) is 3.37. The minimum atomic E-state index is -0.920. The van der Waals surface area contributed by atoms with Crippen molar-refractivity contribution < 1.29 is 19.4 Å². The molecule has 4 unspecified atom stereocenters. The van der Waals surface area contributed by atoms with E-state index in [1.54, 1.807) is 21.0 Å². The third-order valence-electron chi connectivity index (χ3n) is 4.27. The molecule has 110 valence electrons. The molecule has 0 aromatic rings. The molecule has 19 heavy (non-hydrogen) atoms. The summed E-state index contributed by atoms with van der Waals surface area (Å²) >= 11 is 0. The van der Waals surface area contributed by atoms with E-state index in [9.17, 15) is 9.59 Å². The minimum absolute atomic E-state index is 0.0461. The molecule has 6 heteroatoms. The van der Waals surface area contributed by atoms with E-state index in [-0.39, 0.29) is 23.6 Å². The molecule has 0 saturated heterocycles.